The number of nitrogens with zero attached hydrogens (tertiary/aromatic N) is 2. The van der Waals surface area contributed by atoms with E-state index in [0.29, 0.717) is 18.5 Å². The first-order chi connectivity index (χ1) is 17.9. The number of carbonyl (C=O) groups excluding carboxylic acids is 1. The van der Waals surface area contributed by atoms with E-state index in [2.05, 4.69) is 15.3 Å². The Kier molecular flexibility index (Phi) is 7.87. The van der Waals surface area contributed by atoms with Gasteiger partial charge in [-0.3, -0.25) is 9.78 Å². The molecule has 202 valence electrons. The highest BCUT2D eigenvalue weighted by atomic mass is 19.1. The van der Waals surface area contributed by atoms with Gasteiger partial charge >= 0.3 is 0 Å². The first kappa shape index (κ1) is 27.7. The summed E-state index contributed by atoms with van der Waals surface area (Å²) < 4.78 is 50.1. The molecule has 3 aromatic rings. The van der Waals surface area contributed by atoms with Crippen LogP contribution in [0.2, 0.25) is 0 Å². The zero-order valence-corrected chi connectivity index (χ0v) is 21.6. The van der Waals surface area contributed by atoms with Gasteiger partial charge in [-0.15, -0.1) is 0 Å². The van der Waals surface area contributed by atoms with Crippen LogP contribution in [0.25, 0.3) is 11.3 Å². The van der Waals surface area contributed by atoms with Crippen molar-refractivity contribution in [3.8, 4) is 11.3 Å². The van der Waals surface area contributed by atoms with Crippen LogP contribution in [-0.4, -0.2) is 40.2 Å². The SMILES string of the molecule is COC(C)(C)c1cc(F)c(-c2nc(C(=O)Nc3cnccc3[C@H]3C[C@@H](N)[C@H](O)[C@@H](C)C3)ccc2F)c(F)c1. The fourth-order valence-corrected chi connectivity index (χ4v) is 4.89. The van der Waals surface area contributed by atoms with E-state index < -0.39 is 52.4 Å². The number of aliphatic hydroxyl groups excluding tert-OH is 1. The second-order valence-electron chi connectivity index (χ2n) is 10.3. The van der Waals surface area contributed by atoms with Crippen molar-refractivity contribution in [3.05, 3.63) is 77.0 Å². The fourth-order valence-electron chi connectivity index (χ4n) is 4.89. The molecule has 7 nitrogen and oxygen atoms in total. The summed E-state index contributed by atoms with van der Waals surface area (Å²) in [7, 11) is 1.41. The summed E-state index contributed by atoms with van der Waals surface area (Å²) >= 11 is 0. The molecule has 38 heavy (non-hydrogen) atoms. The number of carbonyl (C=O) groups is 1. The smallest absolute Gasteiger partial charge is 0.274 e. The number of anilines is 1. The highest BCUT2D eigenvalue weighted by Gasteiger charge is 2.34. The van der Waals surface area contributed by atoms with Gasteiger partial charge in [0.05, 0.1) is 29.2 Å². The number of methoxy groups -OCH3 is 1. The third-order valence-corrected chi connectivity index (χ3v) is 7.34. The molecule has 4 N–H and O–H groups in total. The highest BCUT2D eigenvalue weighted by Crippen LogP contribution is 2.39. The molecule has 1 amide bonds. The molecule has 2 aromatic heterocycles. The Hall–Kier alpha value is -3.34. The molecule has 0 aliphatic heterocycles. The van der Waals surface area contributed by atoms with E-state index in [4.69, 9.17) is 10.5 Å². The molecule has 0 radical (unpaired) electrons. The minimum atomic E-state index is -1.03. The van der Waals surface area contributed by atoms with Gasteiger partial charge in [-0.2, -0.15) is 0 Å². The largest absolute Gasteiger partial charge is 0.391 e. The van der Waals surface area contributed by atoms with Gasteiger partial charge in [-0.25, -0.2) is 18.2 Å². The monoisotopic (exact) mass is 528 g/mol. The fraction of sp³-hybridized carbons (Fsp3) is 0.393. The summed E-state index contributed by atoms with van der Waals surface area (Å²) in [6, 6.07) is 5.56. The zero-order valence-electron chi connectivity index (χ0n) is 21.6. The van der Waals surface area contributed by atoms with Crippen LogP contribution in [-0.2, 0) is 10.3 Å². The second-order valence-corrected chi connectivity index (χ2v) is 10.3. The average Bonchev–Trinajstić information content (AvgIpc) is 2.87. The maximum absolute atomic E-state index is 15.0. The van der Waals surface area contributed by atoms with Crippen molar-refractivity contribution in [1.29, 1.82) is 0 Å². The second kappa shape index (κ2) is 10.8. The summed E-state index contributed by atoms with van der Waals surface area (Å²) in [5, 5.41) is 13.0. The lowest BCUT2D eigenvalue weighted by molar-refractivity contribution is 0.0187. The number of ether oxygens (including phenoxy) is 1. The van der Waals surface area contributed by atoms with Crippen molar-refractivity contribution in [2.24, 2.45) is 11.7 Å². The minimum Gasteiger partial charge on any atom is -0.391 e. The Morgan fingerprint density at radius 3 is 2.45 bits per heavy atom. The van der Waals surface area contributed by atoms with Crippen LogP contribution in [0.5, 0.6) is 0 Å². The normalized spacial score (nSPS) is 21.8. The van der Waals surface area contributed by atoms with Gasteiger partial charge in [0, 0.05) is 19.3 Å². The van der Waals surface area contributed by atoms with Crippen molar-refractivity contribution in [1.82, 2.24) is 9.97 Å². The maximum Gasteiger partial charge on any atom is 0.274 e. The number of aromatic nitrogens is 2. The summed E-state index contributed by atoms with van der Waals surface area (Å²) in [6.45, 7) is 5.20. The Morgan fingerprint density at radius 1 is 1.13 bits per heavy atom. The lowest BCUT2D eigenvalue weighted by Crippen LogP contribution is -2.44. The van der Waals surface area contributed by atoms with Gasteiger partial charge in [0.1, 0.15) is 28.8 Å². The molecule has 0 spiro atoms. The topological polar surface area (TPSA) is 110 Å². The Balaban J connectivity index is 1.65. The molecule has 4 rings (SSSR count). The number of nitrogens with one attached hydrogen (secondary N) is 1. The average molecular weight is 529 g/mol. The third-order valence-electron chi connectivity index (χ3n) is 7.34. The number of halogens is 3. The number of benzene rings is 1. The van der Waals surface area contributed by atoms with Crippen molar-refractivity contribution < 1.29 is 27.8 Å². The number of nitrogens with two attached hydrogens (primary N) is 1. The summed E-state index contributed by atoms with van der Waals surface area (Å²) in [4.78, 5) is 21.2. The van der Waals surface area contributed by atoms with E-state index in [-0.39, 0.29) is 23.1 Å². The first-order valence-electron chi connectivity index (χ1n) is 12.3. The third kappa shape index (κ3) is 5.43. The number of aliphatic hydroxyl groups is 1. The van der Waals surface area contributed by atoms with Crippen molar-refractivity contribution in [2.75, 3.05) is 12.4 Å². The van der Waals surface area contributed by atoms with Gasteiger partial charge in [-0.05, 0) is 80.0 Å². The number of hydrogen-bond donors (Lipinski definition) is 3. The van der Waals surface area contributed by atoms with Crippen LogP contribution >= 0.6 is 0 Å². The molecule has 1 aliphatic carbocycles. The number of pyridine rings is 2. The van der Waals surface area contributed by atoms with Crippen molar-refractivity contribution in [3.63, 3.8) is 0 Å². The standard InChI is InChI=1S/C28H31F3N4O3/c1-14-9-15(10-21(32)26(14)36)17-7-8-33-13-23(17)35-27(37)22-6-5-18(29)25(34-22)24-19(30)11-16(12-20(24)31)28(2,3)38-4/h5-8,11-15,21,26,36H,9-10,32H2,1-4H3,(H,35,37)/t14-,15+,21+,26+/m0/s1. The van der Waals surface area contributed by atoms with E-state index in [1.807, 2.05) is 6.92 Å². The van der Waals surface area contributed by atoms with Crippen LogP contribution in [0.3, 0.4) is 0 Å². The summed E-state index contributed by atoms with van der Waals surface area (Å²) in [5.41, 5.74) is 5.03. The van der Waals surface area contributed by atoms with Gasteiger partial charge in [0.2, 0.25) is 0 Å². The quantitative estimate of drug-likeness (QED) is 0.420. The first-order valence-corrected chi connectivity index (χ1v) is 12.3. The predicted octanol–water partition coefficient (Wildman–Crippen LogP) is 4.90. The van der Waals surface area contributed by atoms with E-state index in [0.717, 1.165) is 29.8 Å². The van der Waals surface area contributed by atoms with E-state index >= 15 is 8.78 Å². The van der Waals surface area contributed by atoms with E-state index in [1.54, 1.807) is 26.1 Å². The Morgan fingerprint density at radius 2 is 1.82 bits per heavy atom. The highest BCUT2D eigenvalue weighted by molar-refractivity contribution is 6.03. The van der Waals surface area contributed by atoms with Crippen LogP contribution in [0.4, 0.5) is 18.9 Å². The van der Waals surface area contributed by atoms with Crippen molar-refractivity contribution in [2.45, 2.75) is 57.3 Å². The number of amides is 1. The van der Waals surface area contributed by atoms with Crippen LogP contribution in [0.1, 0.15) is 61.1 Å². The Labute approximate surface area is 219 Å². The lowest BCUT2D eigenvalue weighted by Gasteiger charge is -2.36. The minimum absolute atomic E-state index is 0.0310. The zero-order chi connectivity index (χ0) is 27.8. The van der Waals surface area contributed by atoms with Crippen molar-refractivity contribution >= 4 is 11.6 Å². The molecule has 4 atom stereocenters. The van der Waals surface area contributed by atoms with Gasteiger partial charge in [0.25, 0.3) is 5.91 Å². The number of rotatable bonds is 6. The van der Waals surface area contributed by atoms with Gasteiger partial charge < -0.3 is 20.9 Å². The summed E-state index contributed by atoms with van der Waals surface area (Å²) in [6.07, 6.45) is 3.65. The molecule has 2 heterocycles. The molecule has 0 unspecified atom stereocenters. The molecule has 10 heteroatoms. The summed E-state index contributed by atoms with van der Waals surface area (Å²) in [5.74, 6) is -3.82. The maximum atomic E-state index is 15.0. The van der Waals surface area contributed by atoms with E-state index in [1.165, 1.54) is 13.3 Å². The molecular formula is C28H31F3N4O3. The Bertz CT molecular complexity index is 1320. The van der Waals surface area contributed by atoms with Crippen LogP contribution in [0, 0.1) is 23.4 Å². The molecule has 1 aromatic carbocycles. The van der Waals surface area contributed by atoms with Gasteiger partial charge in [-0.1, -0.05) is 6.92 Å². The lowest BCUT2D eigenvalue weighted by atomic mass is 9.74. The van der Waals surface area contributed by atoms with Gasteiger partial charge in [0.15, 0.2) is 0 Å². The van der Waals surface area contributed by atoms with E-state index in [9.17, 15) is 14.3 Å². The molecule has 1 fully saturated rings. The molecule has 1 aliphatic rings. The molecular weight excluding hydrogens is 497 g/mol. The molecule has 0 saturated heterocycles. The predicted molar refractivity (Wildman–Crippen MR) is 137 cm³/mol. The molecule has 1 saturated carbocycles. The van der Waals surface area contributed by atoms with Crippen LogP contribution < -0.4 is 11.1 Å². The van der Waals surface area contributed by atoms with Crippen LogP contribution in [0.15, 0.2) is 42.7 Å². The number of hydrogen-bond acceptors (Lipinski definition) is 6. The molecule has 0 bridgehead atoms.